The summed E-state index contributed by atoms with van der Waals surface area (Å²) in [5.41, 5.74) is 1.54. The predicted octanol–water partition coefficient (Wildman–Crippen LogP) is 4.76. The third-order valence-corrected chi connectivity index (χ3v) is 3.94. The SMILES string of the molecule is CC(C)CCN(CCC(C)C)C(=O)/C=C/c1nc2ccccc2o1. The van der Waals surface area contributed by atoms with E-state index in [-0.39, 0.29) is 5.91 Å². The van der Waals surface area contributed by atoms with Gasteiger partial charge < -0.3 is 9.32 Å². The minimum Gasteiger partial charge on any atom is -0.437 e. The van der Waals surface area contributed by atoms with Gasteiger partial charge in [-0.15, -0.1) is 0 Å². The van der Waals surface area contributed by atoms with E-state index >= 15 is 0 Å². The van der Waals surface area contributed by atoms with Crippen LogP contribution in [0.25, 0.3) is 17.2 Å². The van der Waals surface area contributed by atoms with Crippen LogP contribution >= 0.6 is 0 Å². The van der Waals surface area contributed by atoms with Crippen molar-refractivity contribution in [2.75, 3.05) is 13.1 Å². The number of hydrogen-bond acceptors (Lipinski definition) is 3. The summed E-state index contributed by atoms with van der Waals surface area (Å²) in [7, 11) is 0. The van der Waals surface area contributed by atoms with Crippen LogP contribution in [-0.4, -0.2) is 28.9 Å². The van der Waals surface area contributed by atoms with E-state index in [4.69, 9.17) is 4.42 Å². The predicted molar refractivity (Wildman–Crippen MR) is 98.5 cm³/mol. The van der Waals surface area contributed by atoms with E-state index < -0.39 is 0 Å². The van der Waals surface area contributed by atoms with E-state index in [2.05, 4.69) is 32.7 Å². The van der Waals surface area contributed by atoms with Gasteiger partial charge in [0.1, 0.15) is 5.52 Å². The second-order valence-corrected chi connectivity index (χ2v) is 7.04. The van der Waals surface area contributed by atoms with Gasteiger partial charge in [0.05, 0.1) is 0 Å². The lowest BCUT2D eigenvalue weighted by atomic mass is 10.1. The number of carbonyl (C=O) groups excluding carboxylic acids is 1. The van der Waals surface area contributed by atoms with Crippen LogP contribution in [0.15, 0.2) is 34.8 Å². The fraction of sp³-hybridized carbons (Fsp3) is 0.500. The van der Waals surface area contributed by atoms with Crippen molar-refractivity contribution in [3.63, 3.8) is 0 Å². The van der Waals surface area contributed by atoms with Crippen LogP contribution in [0.3, 0.4) is 0 Å². The van der Waals surface area contributed by atoms with Crippen LogP contribution in [-0.2, 0) is 4.79 Å². The van der Waals surface area contributed by atoms with Crippen LogP contribution in [0.1, 0.15) is 46.4 Å². The molecule has 2 aromatic rings. The number of rotatable bonds is 8. The second-order valence-electron chi connectivity index (χ2n) is 7.04. The van der Waals surface area contributed by atoms with Gasteiger partial charge in [0, 0.05) is 25.2 Å². The molecule has 1 amide bonds. The van der Waals surface area contributed by atoms with Gasteiger partial charge in [-0.25, -0.2) is 4.98 Å². The number of amides is 1. The Morgan fingerprint density at radius 2 is 1.75 bits per heavy atom. The minimum atomic E-state index is 0.0264. The van der Waals surface area contributed by atoms with E-state index in [0.717, 1.165) is 37.0 Å². The van der Waals surface area contributed by atoms with Gasteiger partial charge in [0.2, 0.25) is 11.8 Å². The zero-order valence-electron chi connectivity index (χ0n) is 15.2. The van der Waals surface area contributed by atoms with Crippen molar-refractivity contribution in [2.45, 2.75) is 40.5 Å². The van der Waals surface area contributed by atoms with Gasteiger partial charge >= 0.3 is 0 Å². The van der Waals surface area contributed by atoms with Gasteiger partial charge in [0.25, 0.3) is 0 Å². The molecule has 0 atom stereocenters. The van der Waals surface area contributed by atoms with Gasteiger partial charge in [-0.2, -0.15) is 0 Å². The topological polar surface area (TPSA) is 46.3 Å². The largest absolute Gasteiger partial charge is 0.437 e. The Labute approximate surface area is 144 Å². The lowest BCUT2D eigenvalue weighted by molar-refractivity contribution is -0.126. The van der Waals surface area contributed by atoms with Gasteiger partial charge in [-0.3, -0.25) is 4.79 Å². The van der Waals surface area contributed by atoms with Crippen molar-refractivity contribution < 1.29 is 9.21 Å². The van der Waals surface area contributed by atoms with Crippen LogP contribution in [0, 0.1) is 11.8 Å². The number of nitrogens with zero attached hydrogens (tertiary/aromatic N) is 2. The molecule has 0 aliphatic rings. The fourth-order valence-electron chi connectivity index (χ4n) is 2.37. The van der Waals surface area contributed by atoms with Gasteiger partial charge in [-0.1, -0.05) is 39.8 Å². The third-order valence-electron chi connectivity index (χ3n) is 3.94. The molecule has 0 unspecified atom stereocenters. The Kier molecular flexibility index (Phi) is 6.59. The van der Waals surface area contributed by atoms with E-state index in [1.807, 2.05) is 29.2 Å². The van der Waals surface area contributed by atoms with Crippen molar-refractivity contribution in [2.24, 2.45) is 11.8 Å². The smallest absolute Gasteiger partial charge is 0.246 e. The van der Waals surface area contributed by atoms with E-state index in [1.165, 1.54) is 0 Å². The average molecular weight is 328 g/mol. The standard InChI is InChI=1S/C20H28N2O2/c1-15(2)11-13-22(14-12-16(3)4)20(23)10-9-19-21-17-7-5-6-8-18(17)24-19/h5-10,15-16H,11-14H2,1-4H3/b10-9+. The van der Waals surface area contributed by atoms with Crippen molar-refractivity contribution >= 4 is 23.1 Å². The summed E-state index contributed by atoms with van der Waals surface area (Å²) in [5.74, 6) is 1.66. The zero-order valence-corrected chi connectivity index (χ0v) is 15.2. The molecular weight excluding hydrogens is 300 g/mol. The minimum absolute atomic E-state index is 0.0264. The molecule has 0 N–H and O–H groups in total. The maximum Gasteiger partial charge on any atom is 0.246 e. The second kappa shape index (κ2) is 8.67. The highest BCUT2D eigenvalue weighted by molar-refractivity contribution is 5.91. The number of fused-ring (bicyclic) bond motifs is 1. The molecule has 4 heteroatoms. The molecule has 0 radical (unpaired) electrons. The summed E-state index contributed by atoms with van der Waals surface area (Å²) < 4.78 is 5.63. The average Bonchev–Trinajstić information content (AvgIpc) is 2.95. The molecule has 130 valence electrons. The molecular formula is C20H28N2O2. The Morgan fingerprint density at radius 1 is 1.12 bits per heavy atom. The summed E-state index contributed by atoms with van der Waals surface area (Å²) in [6.07, 6.45) is 5.27. The maximum absolute atomic E-state index is 12.5. The molecule has 0 saturated carbocycles. The Bertz CT molecular complexity index is 641. The molecule has 0 spiro atoms. The van der Waals surface area contributed by atoms with Crippen molar-refractivity contribution in [1.82, 2.24) is 9.88 Å². The summed E-state index contributed by atoms with van der Waals surface area (Å²) in [4.78, 5) is 18.8. The van der Waals surface area contributed by atoms with Crippen molar-refractivity contribution in [3.8, 4) is 0 Å². The van der Waals surface area contributed by atoms with Crippen LogP contribution < -0.4 is 0 Å². The van der Waals surface area contributed by atoms with E-state index in [9.17, 15) is 4.79 Å². The quantitative estimate of drug-likeness (QED) is 0.656. The number of carbonyl (C=O) groups is 1. The van der Waals surface area contributed by atoms with Crippen molar-refractivity contribution in [3.05, 3.63) is 36.2 Å². The Balaban J connectivity index is 2.03. The monoisotopic (exact) mass is 328 g/mol. The molecule has 24 heavy (non-hydrogen) atoms. The highest BCUT2D eigenvalue weighted by Gasteiger charge is 2.12. The number of aromatic nitrogens is 1. The highest BCUT2D eigenvalue weighted by Crippen LogP contribution is 2.16. The molecule has 0 aliphatic carbocycles. The summed E-state index contributed by atoms with van der Waals surface area (Å²) >= 11 is 0. The Morgan fingerprint density at radius 3 is 2.33 bits per heavy atom. The lowest BCUT2D eigenvalue weighted by Crippen LogP contribution is -2.32. The van der Waals surface area contributed by atoms with E-state index in [0.29, 0.717) is 17.7 Å². The Hall–Kier alpha value is -2.10. The van der Waals surface area contributed by atoms with E-state index in [1.54, 1.807) is 12.2 Å². The molecule has 0 saturated heterocycles. The molecule has 0 fully saturated rings. The first-order valence-electron chi connectivity index (χ1n) is 8.78. The molecule has 0 aliphatic heterocycles. The van der Waals surface area contributed by atoms with Crippen LogP contribution in [0.4, 0.5) is 0 Å². The first-order valence-corrected chi connectivity index (χ1v) is 8.78. The molecule has 1 heterocycles. The normalized spacial score (nSPS) is 11.9. The summed E-state index contributed by atoms with van der Waals surface area (Å²) in [6.45, 7) is 10.3. The summed E-state index contributed by atoms with van der Waals surface area (Å²) in [6, 6.07) is 7.60. The van der Waals surface area contributed by atoms with Gasteiger partial charge in [-0.05, 0) is 36.8 Å². The summed E-state index contributed by atoms with van der Waals surface area (Å²) in [5, 5.41) is 0. The number of para-hydroxylation sites is 2. The number of oxazole rings is 1. The highest BCUT2D eigenvalue weighted by atomic mass is 16.3. The molecule has 4 nitrogen and oxygen atoms in total. The number of benzene rings is 1. The van der Waals surface area contributed by atoms with Gasteiger partial charge in [0.15, 0.2) is 5.58 Å². The molecule has 1 aromatic carbocycles. The maximum atomic E-state index is 12.5. The van der Waals surface area contributed by atoms with Crippen LogP contribution in [0.2, 0.25) is 0 Å². The molecule has 0 bridgehead atoms. The fourth-order valence-corrected chi connectivity index (χ4v) is 2.37. The third kappa shape index (κ3) is 5.52. The lowest BCUT2D eigenvalue weighted by Gasteiger charge is -2.23. The first-order chi connectivity index (χ1) is 11.5. The first kappa shape index (κ1) is 18.2. The molecule has 2 rings (SSSR count). The molecule has 1 aromatic heterocycles. The van der Waals surface area contributed by atoms with Crippen LogP contribution in [0.5, 0.6) is 0 Å². The van der Waals surface area contributed by atoms with Crippen molar-refractivity contribution in [1.29, 1.82) is 0 Å². The number of hydrogen-bond donors (Lipinski definition) is 0. The zero-order chi connectivity index (χ0) is 17.5.